The van der Waals surface area contributed by atoms with Crippen LogP contribution < -0.4 is 0 Å². The summed E-state index contributed by atoms with van der Waals surface area (Å²) in [5.41, 5.74) is 3.08. The van der Waals surface area contributed by atoms with Crippen molar-refractivity contribution >= 4 is 17.5 Å². The molecule has 0 aliphatic carbocycles. The van der Waals surface area contributed by atoms with E-state index < -0.39 is 23.5 Å². The lowest BCUT2D eigenvalue weighted by Gasteiger charge is -2.28. The maximum Gasteiger partial charge on any atom is 0.332 e. The second kappa shape index (κ2) is 12.2. The third-order valence-electron chi connectivity index (χ3n) is 6.03. The number of benzene rings is 3. The number of carbonyl (C=O) groups is 2. The van der Waals surface area contributed by atoms with Crippen molar-refractivity contribution in [2.45, 2.75) is 44.8 Å². The van der Waals surface area contributed by atoms with Crippen LogP contribution in [0.25, 0.3) is 0 Å². The zero-order valence-electron chi connectivity index (χ0n) is 22.0. The third-order valence-corrected chi connectivity index (χ3v) is 6.03. The summed E-state index contributed by atoms with van der Waals surface area (Å²) in [4.78, 5) is 36.4. The van der Waals surface area contributed by atoms with Crippen LogP contribution in [0.2, 0.25) is 0 Å². The molecule has 3 aromatic carbocycles. The van der Waals surface area contributed by atoms with Crippen LogP contribution >= 0.6 is 0 Å². The Morgan fingerprint density at radius 2 is 1.24 bits per heavy atom. The summed E-state index contributed by atoms with van der Waals surface area (Å²) >= 11 is 0. The molecule has 1 heterocycles. The molecule has 0 saturated carbocycles. The first-order valence-electron chi connectivity index (χ1n) is 12.7. The first kappa shape index (κ1) is 26.7. The van der Waals surface area contributed by atoms with Crippen molar-refractivity contribution < 1.29 is 14.3 Å². The molecular formula is C33H32N2O3. The van der Waals surface area contributed by atoms with Crippen LogP contribution in [-0.4, -0.2) is 34.1 Å². The molecule has 0 aliphatic rings. The maximum absolute atomic E-state index is 13.8. The average Bonchev–Trinajstić information content (AvgIpc) is 2.93. The van der Waals surface area contributed by atoms with E-state index in [9.17, 15) is 9.59 Å². The zero-order valence-corrected chi connectivity index (χ0v) is 22.0. The highest BCUT2D eigenvalue weighted by Gasteiger charge is 2.35. The Morgan fingerprint density at radius 1 is 0.737 bits per heavy atom. The number of ketones is 1. The number of carbonyl (C=O) groups excluding carboxylic acids is 2. The fourth-order valence-corrected chi connectivity index (χ4v) is 4.28. The molecule has 192 valence electrons. The Balaban J connectivity index is 1.88. The van der Waals surface area contributed by atoms with Gasteiger partial charge in [-0.1, -0.05) is 91.0 Å². The Morgan fingerprint density at radius 3 is 1.74 bits per heavy atom. The molecule has 0 spiro atoms. The molecule has 0 fully saturated rings. The van der Waals surface area contributed by atoms with Crippen molar-refractivity contribution in [2.24, 2.45) is 4.99 Å². The summed E-state index contributed by atoms with van der Waals surface area (Å²) in [5, 5.41) is 0. The summed E-state index contributed by atoms with van der Waals surface area (Å²) in [6.07, 6.45) is 3.27. The van der Waals surface area contributed by atoms with Gasteiger partial charge in [0.05, 0.1) is 5.71 Å². The number of aromatic nitrogens is 1. The Kier molecular flexibility index (Phi) is 8.59. The highest BCUT2D eigenvalue weighted by atomic mass is 16.6. The number of rotatable bonds is 9. The van der Waals surface area contributed by atoms with Crippen LogP contribution in [0.5, 0.6) is 0 Å². The molecule has 0 bridgehead atoms. The standard InChI is InChI=1S/C33H32N2O3/c1-33(2,3)38-32(37)31(35-30(26-15-9-5-10-16-26)27-17-11-6-12-18-27)28(24-13-7-4-8-14-24)23-29(36)25-19-21-34-22-20-25/h4-22,28,31H,23H2,1-3H3/t28-,31+/m1/s1. The summed E-state index contributed by atoms with van der Waals surface area (Å²) in [7, 11) is 0. The highest BCUT2D eigenvalue weighted by Crippen LogP contribution is 2.31. The topological polar surface area (TPSA) is 68.6 Å². The van der Waals surface area contributed by atoms with Crippen molar-refractivity contribution in [3.8, 4) is 0 Å². The number of aliphatic imine (C=N–C) groups is 1. The summed E-state index contributed by atoms with van der Waals surface area (Å²) in [6.45, 7) is 5.50. The van der Waals surface area contributed by atoms with Crippen LogP contribution in [0.4, 0.5) is 0 Å². The summed E-state index contributed by atoms with van der Waals surface area (Å²) < 4.78 is 5.89. The number of pyridine rings is 1. The Bertz CT molecular complexity index is 1320. The first-order valence-corrected chi connectivity index (χ1v) is 12.7. The molecule has 1 aromatic heterocycles. The number of nitrogens with zero attached hydrogens (tertiary/aromatic N) is 2. The number of esters is 1. The molecule has 5 heteroatoms. The smallest absolute Gasteiger partial charge is 0.332 e. The number of hydrogen-bond acceptors (Lipinski definition) is 5. The molecule has 2 atom stereocenters. The minimum atomic E-state index is -0.960. The second-order valence-electron chi connectivity index (χ2n) is 10.1. The molecule has 38 heavy (non-hydrogen) atoms. The molecule has 0 saturated heterocycles. The van der Waals surface area contributed by atoms with Gasteiger partial charge in [0.2, 0.25) is 0 Å². The second-order valence-corrected chi connectivity index (χ2v) is 10.1. The van der Waals surface area contributed by atoms with E-state index in [-0.39, 0.29) is 12.2 Å². The van der Waals surface area contributed by atoms with E-state index in [4.69, 9.17) is 9.73 Å². The molecule has 0 aliphatic heterocycles. The van der Waals surface area contributed by atoms with Gasteiger partial charge >= 0.3 is 5.97 Å². The summed E-state index contributed by atoms with van der Waals surface area (Å²) in [5.74, 6) is -1.11. The molecule has 0 N–H and O–H groups in total. The SMILES string of the molecule is CC(C)(C)OC(=O)[C@@H](N=C(c1ccccc1)c1ccccc1)[C@H](CC(=O)c1ccncc1)c1ccccc1. The van der Waals surface area contributed by atoms with Crippen LogP contribution in [-0.2, 0) is 9.53 Å². The number of Topliss-reactive ketones (excluding diaryl/α,β-unsaturated/α-hetero) is 1. The molecule has 0 amide bonds. The third kappa shape index (κ3) is 7.10. The first-order chi connectivity index (χ1) is 18.3. The summed E-state index contributed by atoms with van der Waals surface area (Å²) in [6, 6.07) is 31.5. The van der Waals surface area contributed by atoms with Gasteiger partial charge in [0, 0.05) is 41.4 Å². The van der Waals surface area contributed by atoms with Gasteiger partial charge in [-0.05, 0) is 38.5 Å². The fourth-order valence-electron chi connectivity index (χ4n) is 4.28. The number of ether oxygens (including phenoxy) is 1. The normalized spacial score (nSPS) is 12.7. The van der Waals surface area contributed by atoms with Crippen molar-refractivity contribution in [1.82, 2.24) is 4.98 Å². The Labute approximate surface area is 224 Å². The van der Waals surface area contributed by atoms with E-state index >= 15 is 0 Å². The Hall–Kier alpha value is -4.38. The van der Waals surface area contributed by atoms with Crippen molar-refractivity contribution in [1.29, 1.82) is 0 Å². The maximum atomic E-state index is 13.8. The molecule has 0 radical (unpaired) electrons. The molecule has 4 aromatic rings. The minimum absolute atomic E-state index is 0.0816. The lowest BCUT2D eigenvalue weighted by Crippen LogP contribution is -2.36. The van der Waals surface area contributed by atoms with Crippen LogP contribution in [0.3, 0.4) is 0 Å². The minimum Gasteiger partial charge on any atom is -0.458 e. The van der Waals surface area contributed by atoms with Crippen molar-refractivity contribution in [3.05, 3.63) is 138 Å². The van der Waals surface area contributed by atoms with Gasteiger partial charge in [-0.3, -0.25) is 14.8 Å². The largest absolute Gasteiger partial charge is 0.458 e. The van der Waals surface area contributed by atoms with Crippen molar-refractivity contribution in [2.75, 3.05) is 0 Å². The van der Waals surface area contributed by atoms with Gasteiger partial charge in [0.15, 0.2) is 11.8 Å². The van der Waals surface area contributed by atoms with E-state index in [2.05, 4.69) is 4.98 Å². The fraction of sp³-hybridized carbons (Fsp3) is 0.212. The van der Waals surface area contributed by atoms with E-state index in [0.717, 1.165) is 16.7 Å². The van der Waals surface area contributed by atoms with E-state index in [1.807, 2.05) is 112 Å². The van der Waals surface area contributed by atoms with Gasteiger partial charge in [-0.2, -0.15) is 0 Å². The highest BCUT2D eigenvalue weighted by molar-refractivity contribution is 6.13. The zero-order chi connectivity index (χ0) is 27.0. The van der Waals surface area contributed by atoms with Crippen LogP contribution in [0.15, 0.2) is 121 Å². The molecule has 5 nitrogen and oxygen atoms in total. The molecule has 4 rings (SSSR count). The van der Waals surface area contributed by atoms with Crippen LogP contribution in [0, 0.1) is 0 Å². The quantitative estimate of drug-likeness (QED) is 0.145. The van der Waals surface area contributed by atoms with E-state index in [0.29, 0.717) is 11.3 Å². The lowest BCUT2D eigenvalue weighted by molar-refractivity contribution is -0.156. The molecule has 0 unspecified atom stereocenters. The van der Waals surface area contributed by atoms with E-state index in [1.165, 1.54) is 0 Å². The van der Waals surface area contributed by atoms with Gasteiger partial charge in [-0.25, -0.2) is 4.79 Å². The monoisotopic (exact) mass is 504 g/mol. The van der Waals surface area contributed by atoms with Crippen molar-refractivity contribution in [3.63, 3.8) is 0 Å². The van der Waals surface area contributed by atoms with Gasteiger partial charge < -0.3 is 4.74 Å². The number of hydrogen-bond donors (Lipinski definition) is 0. The predicted molar refractivity (Wildman–Crippen MR) is 151 cm³/mol. The van der Waals surface area contributed by atoms with Gasteiger partial charge in [0.25, 0.3) is 0 Å². The van der Waals surface area contributed by atoms with E-state index in [1.54, 1.807) is 24.5 Å². The van der Waals surface area contributed by atoms with Crippen LogP contribution in [0.1, 0.15) is 60.2 Å². The average molecular weight is 505 g/mol. The lowest BCUT2D eigenvalue weighted by atomic mass is 9.85. The predicted octanol–water partition coefficient (Wildman–Crippen LogP) is 6.69. The molecular weight excluding hydrogens is 472 g/mol. The van der Waals surface area contributed by atoms with Gasteiger partial charge in [0.1, 0.15) is 5.60 Å². The van der Waals surface area contributed by atoms with Gasteiger partial charge in [-0.15, -0.1) is 0 Å².